The fraction of sp³-hybridized carbons (Fsp3) is 0.154. The van der Waals surface area contributed by atoms with E-state index in [9.17, 15) is 14.4 Å². The summed E-state index contributed by atoms with van der Waals surface area (Å²) in [6.07, 6.45) is 0. The molecular formula is C13H10ClNO5. The first-order valence-corrected chi connectivity index (χ1v) is 6.00. The minimum absolute atomic E-state index is 0.216. The predicted molar refractivity (Wildman–Crippen MR) is 71.8 cm³/mol. The van der Waals surface area contributed by atoms with Gasteiger partial charge in [0.2, 0.25) is 5.76 Å². The van der Waals surface area contributed by atoms with E-state index in [1.165, 1.54) is 25.2 Å². The lowest BCUT2D eigenvalue weighted by atomic mass is 10.2. The third-order valence-electron chi connectivity index (χ3n) is 2.50. The first kappa shape index (κ1) is 14.1. The molecule has 6 nitrogen and oxygen atoms in total. The maximum atomic E-state index is 11.8. The smallest absolute Gasteiger partial charge is 0.374 e. The van der Waals surface area contributed by atoms with E-state index >= 15 is 0 Å². The van der Waals surface area contributed by atoms with Crippen LogP contribution in [0.25, 0.3) is 11.0 Å². The van der Waals surface area contributed by atoms with Crippen molar-refractivity contribution in [1.29, 1.82) is 0 Å². The molecule has 7 heteroatoms. The summed E-state index contributed by atoms with van der Waals surface area (Å²) in [5.41, 5.74) is -0.200. The first-order valence-electron chi connectivity index (χ1n) is 5.62. The van der Waals surface area contributed by atoms with E-state index in [0.29, 0.717) is 5.02 Å². The van der Waals surface area contributed by atoms with Crippen LogP contribution < -0.4 is 10.7 Å². The molecule has 0 radical (unpaired) electrons. The van der Waals surface area contributed by atoms with Gasteiger partial charge in [-0.05, 0) is 18.2 Å². The van der Waals surface area contributed by atoms with Gasteiger partial charge in [0.1, 0.15) is 5.58 Å². The van der Waals surface area contributed by atoms with Crippen molar-refractivity contribution in [1.82, 2.24) is 5.32 Å². The van der Waals surface area contributed by atoms with Crippen LogP contribution in [0.2, 0.25) is 5.02 Å². The zero-order valence-corrected chi connectivity index (χ0v) is 11.2. The van der Waals surface area contributed by atoms with Gasteiger partial charge in [-0.15, -0.1) is 0 Å². The number of likely N-dealkylation sites (N-methyl/N-ethyl adjacent to an activating group) is 1. The quantitative estimate of drug-likeness (QED) is 0.864. The van der Waals surface area contributed by atoms with Gasteiger partial charge in [-0.2, -0.15) is 0 Å². The van der Waals surface area contributed by atoms with E-state index in [1.807, 2.05) is 0 Å². The summed E-state index contributed by atoms with van der Waals surface area (Å²) in [5, 5.41) is 2.95. The van der Waals surface area contributed by atoms with Crippen LogP contribution in [-0.2, 0) is 9.53 Å². The molecule has 2 aromatic rings. The number of nitrogens with one attached hydrogen (secondary N) is 1. The minimum Gasteiger partial charge on any atom is -0.450 e. The van der Waals surface area contributed by atoms with Gasteiger partial charge in [0.15, 0.2) is 12.0 Å². The van der Waals surface area contributed by atoms with Crippen LogP contribution in [-0.4, -0.2) is 25.5 Å². The Kier molecular flexibility index (Phi) is 4.05. The van der Waals surface area contributed by atoms with Gasteiger partial charge >= 0.3 is 5.97 Å². The molecular weight excluding hydrogens is 286 g/mol. The van der Waals surface area contributed by atoms with Crippen molar-refractivity contribution in [2.75, 3.05) is 13.7 Å². The van der Waals surface area contributed by atoms with Crippen LogP contribution in [0.15, 0.2) is 33.5 Å². The average molecular weight is 296 g/mol. The van der Waals surface area contributed by atoms with Crippen LogP contribution in [0.4, 0.5) is 0 Å². The number of carbonyl (C=O) groups excluding carboxylic acids is 2. The molecule has 0 spiro atoms. The highest BCUT2D eigenvalue weighted by Crippen LogP contribution is 2.17. The molecule has 20 heavy (non-hydrogen) atoms. The van der Waals surface area contributed by atoms with Crippen molar-refractivity contribution in [2.24, 2.45) is 0 Å². The van der Waals surface area contributed by atoms with Crippen LogP contribution in [0, 0.1) is 0 Å². The number of esters is 1. The zero-order chi connectivity index (χ0) is 14.7. The van der Waals surface area contributed by atoms with Crippen LogP contribution >= 0.6 is 11.6 Å². The summed E-state index contributed by atoms with van der Waals surface area (Å²) in [7, 11) is 1.41. The summed E-state index contributed by atoms with van der Waals surface area (Å²) in [6, 6.07) is 5.47. The van der Waals surface area contributed by atoms with Gasteiger partial charge in [0.05, 0.1) is 5.39 Å². The standard InChI is InChI=1S/C13H10ClNO5/c1-15-12(17)6-19-13(18)11-5-9(16)8-4-7(14)2-3-10(8)20-11/h2-5H,6H2,1H3,(H,15,17). The largest absolute Gasteiger partial charge is 0.450 e. The summed E-state index contributed by atoms with van der Waals surface area (Å²) in [6.45, 7) is -0.447. The van der Waals surface area contributed by atoms with Crippen molar-refractivity contribution in [2.45, 2.75) is 0 Å². The molecule has 0 unspecified atom stereocenters. The summed E-state index contributed by atoms with van der Waals surface area (Å²) in [4.78, 5) is 34.5. The van der Waals surface area contributed by atoms with E-state index < -0.39 is 23.9 Å². The molecule has 2 rings (SSSR count). The molecule has 104 valence electrons. The Morgan fingerprint density at radius 3 is 2.80 bits per heavy atom. The van der Waals surface area contributed by atoms with Crippen LogP contribution in [0.3, 0.4) is 0 Å². The predicted octanol–water partition coefficient (Wildman–Crippen LogP) is 1.35. The van der Waals surface area contributed by atoms with Crippen LogP contribution in [0.5, 0.6) is 0 Å². The molecule has 0 saturated carbocycles. The normalized spacial score (nSPS) is 10.3. The number of halogens is 1. The molecule has 1 aromatic heterocycles. The maximum absolute atomic E-state index is 11.8. The molecule has 0 atom stereocenters. The minimum atomic E-state index is -0.887. The van der Waals surface area contributed by atoms with E-state index in [4.69, 9.17) is 20.8 Å². The van der Waals surface area contributed by atoms with Crippen molar-refractivity contribution < 1.29 is 18.7 Å². The second-order valence-electron chi connectivity index (χ2n) is 3.86. The monoisotopic (exact) mass is 295 g/mol. The molecule has 0 bridgehead atoms. The average Bonchev–Trinajstić information content (AvgIpc) is 2.44. The Morgan fingerprint density at radius 2 is 2.10 bits per heavy atom. The molecule has 0 aliphatic heterocycles. The third kappa shape index (κ3) is 2.97. The highest BCUT2D eigenvalue weighted by Gasteiger charge is 2.15. The molecule has 0 aliphatic carbocycles. The van der Waals surface area contributed by atoms with E-state index in [-0.39, 0.29) is 16.7 Å². The first-order chi connectivity index (χ1) is 9.51. The zero-order valence-electron chi connectivity index (χ0n) is 10.4. The second kappa shape index (κ2) is 5.75. The molecule has 0 saturated heterocycles. The van der Waals surface area contributed by atoms with Gasteiger partial charge in [-0.25, -0.2) is 4.79 Å². The van der Waals surface area contributed by atoms with Gasteiger partial charge in [-0.3, -0.25) is 9.59 Å². The number of hydrogen-bond acceptors (Lipinski definition) is 5. The molecule has 0 aliphatic rings. The lowest BCUT2D eigenvalue weighted by molar-refractivity contribution is -0.123. The molecule has 1 N–H and O–H groups in total. The van der Waals surface area contributed by atoms with Gasteiger partial charge in [-0.1, -0.05) is 11.6 Å². The number of benzene rings is 1. The van der Waals surface area contributed by atoms with Crippen molar-refractivity contribution in [3.8, 4) is 0 Å². The number of hydrogen-bond donors (Lipinski definition) is 1. The van der Waals surface area contributed by atoms with E-state index in [2.05, 4.69) is 5.32 Å². The van der Waals surface area contributed by atoms with Crippen molar-refractivity contribution in [3.05, 3.63) is 45.3 Å². The fourth-order valence-corrected chi connectivity index (χ4v) is 1.68. The summed E-state index contributed by atoms with van der Waals surface area (Å²) >= 11 is 5.78. The lowest BCUT2D eigenvalue weighted by Gasteiger charge is -2.04. The lowest BCUT2D eigenvalue weighted by Crippen LogP contribution is -2.25. The van der Waals surface area contributed by atoms with Crippen LogP contribution in [0.1, 0.15) is 10.6 Å². The number of fused-ring (bicyclic) bond motifs is 1. The van der Waals surface area contributed by atoms with E-state index in [0.717, 1.165) is 6.07 Å². The maximum Gasteiger partial charge on any atom is 0.374 e. The topological polar surface area (TPSA) is 85.6 Å². The number of rotatable bonds is 3. The highest BCUT2D eigenvalue weighted by atomic mass is 35.5. The SMILES string of the molecule is CNC(=O)COC(=O)c1cc(=O)c2cc(Cl)ccc2o1. The molecule has 1 aromatic carbocycles. The fourth-order valence-electron chi connectivity index (χ4n) is 1.50. The Labute approximate surface area is 118 Å². The molecule has 1 amide bonds. The molecule has 0 fully saturated rings. The number of ether oxygens (including phenoxy) is 1. The Bertz CT molecular complexity index is 737. The third-order valence-corrected chi connectivity index (χ3v) is 2.74. The Hall–Kier alpha value is -2.34. The van der Waals surface area contributed by atoms with Crippen molar-refractivity contribution >= 4 is 34.4 Å². The van der Waals surface area contributed by atoms with E-state index in [1.54, 1.807) is 0 Å². The van der Waals surface area contributed by atoms with Gasteiger partial charge in [0, 0.05) is 18.1 Å². The second-order valence-corrected chi connectivity index (χ2v) is 4.30. The van der Waals surface area contributed by atoms with Gasteiger partial charge in [0.25, 0.3) is 5.91 Å². The Morgan fingerprint density at radius 1 is 1.35 bits per heavy atom. The summed E-state index contributed by atoms with van der Waals surface area (Å²) < 4.78 is 9.96. The summed E-state index contributed by atoms with van der Waals surface area (Å²) in [5.74, 6) is -1.62. The Balaban J connectivity index is 2.32. The van der Waals surface area contributed by atoms with Crippen molar-refractivity contribution in [3.63, 3.8) is 0 Å². The number of carbonyl (C=O) groups is 2. The highest BCUT2D eigenvalue weighted by molar-refractivity contribution is 6.31. The molecule has 1 heterocycles. The van der Waals surface area contributed by atoms with Gasteiger partial charge < -0.3 is 14.5 Å². The number of amides is 1.